The average Bonchev–Trinajstić information content (AvgIpc) is 3.17. The highest BCUT2D eigenvalue weighted by Crippen LogP contribution is 2.19. The fourth-order valence-corrected chi connectivity index (χ4v) is 3.46. The third-order valence-corrected chi connectivity index (χ3v) is 4.96. The number of aromatic nitrogens is 2. The molecular formula is C21H22N4O2. The maximum absolute atomic E-state index is 11.0. The second-order valence-corrected chi connectivity index (χ2v) is 6.69. The highest BCUT2D eigenvalue weighted by atomic mass is 16.4. The number of piperazine rings is 1. The number of para-hydroxylation sites is 1. The van der Waals surface area contributed by atoms with E-state index < -0.39 is 5.97 Å². The van der Waals surface area contributed by atoms with Crippen molar-refractivity contribution in [1.29, 1.82) is 0 Å². The van der Waals surface area contributed by atoms with Gasteiger partial charge in [-0.25, -0.2) is 9.48 Å². The van der Waals surface area contributed by atoms with Crippen molar-refractivity contribution in [3.63, 3.8) is 0 Å². The quantitative estimate of drug-likeness (QED) is 0.756. The summed E-state index contributed by atoms with van der Waals surface area (Å²) in [4.78, 5) is 15.7. The number of carboxylic acids is 1. The molecule has 1 aliphatic rings. The SMILES string of the molecule is O=C(O)c1ccc(N2CCN(Cc3ccnn3-c3ccccc3)CC2)cc1. The minimum atomic E-state index is -0.888. The number of carbonyl (C=O) groups is 1. The van der Waals surface area contributed by atoms with Gasteiger partial charge in [-0.2, -0.15) is 5.10 Å². The van der Waals surface area contributed by atoms with Crippen LogP contribution in [0.1, 0.15) is 16.1 Å². The molecule has 2 aromatic carbocycles. The van der Waals surface area contributed by atoms with Gasteiger partial charge >= 0.3 is 5.97 Å². The Balaban J connectivity index is 1.38. The van der Waals surface area contributed by atoms with Crippen LogP contribution in [-0.2, 0) is 6.54 Å². The molecule has 6 heteroatoms. The molecule has 1 aliphatic heterocycles. The van der Waals surface area contributed by atoms with Crippen molar-refractivity contribution >= 4 is 11.7 Å². The van der Waals surface area contributed by atoms with Crippen molar-refractivity contribution in [2.24, 2.45) is 0 Å². The molecule has 6 nitrogen and oxygen atoms in total. The van der Waals surface area contributed by atoms with Gasteiger partial charge in [0.05, 0.1) is 16.9 Å². The van der Waals surface area contributed by atoms with Gasteiger partial charge in [-0.1, -0.05) is 18.2 Å². The highest BCUT2D eigenvalue weighted by Gasteiger charge is 2.19. The minimum Gasteiger partial charge on any atom is -0.478 e. The van der Waals surface area contributed by atoms with Gasteiger partial charge in [0, 0.05) is 44.6 Å². The summed E-state index contributed by atoms with van der Waals surface area (Å²) in [6, 6.07) is 19.4. The molecule has 27 heavy (non-hydrogen) atoms. The van der Waals surface area contributed by atoms with E-state index >= 15 is 0 Å². The first-order valence-corrected chi connectivity index (χ1v) is 9.10. The summed E-state index contributed by atoms with van der Waals surface area (Å²) in [5.41, 5.74) is 3.66. The normalized spacial score (nSPS) is 15.0. The largest absolute Gasteiger partial charge is 0.478 e. The molecule has 1 fully saturated rings. The number of rotatable bonds is 5. The molecule has 0 bridgehead atoms. The van der Waals surface area contributed by atoms with Crippen molar-refractivity contribution in [2.45, 2.75) is 6.54 Å². The minimum absolute atomic E-state index is 0.326. The van der Waals surface area contributed by atoms with Crippen LogP contribution in [0, 0.1) is 0 Å². The zero-order valence-electron chi connectivity index (χ0n) is 15.0. The maximum Gasteiger partial charge on any atom is 0.335 e. The van der Waals surface area contributed by atoms with E-state index in [1.54, 1.807) is 12.1 Å². The predicted octanol–water partition coefficient (Wildman–Crippen LogP) is 2.89. The van der Waals surface area contributed by atoms with Gasteiger partial charge in [0.2, 0.25) is 0 Å². The van der Waals surface area contributed by atoms with E-state index in [9.17, 15) is 4.79 Å². The molecule has 4 rings (SSSR count). The number of benzene rings is 2. The Bertz CT molecular complexity index is 897. The molecule has 1 saturated heterocycles. The number of anilines is 1. The molecule has 0 atom stereocenters. The summed E-state index contributed by atoms with van der Waals surface area (Å²) in [7, 11) is 0. The molecule has 3 aromatic rings. The van der Waals surface area contributed by atoms with E-state index in [1.165, 1.54) is 5.69 Å². The lowest BCUT2D eigenvalue weighted by Gasteiger charge is -2.36. The smallest absolute Gasteiger partial charge is 0.335 e. The second kappa shape index (κ2) is 7.63. The number of nitrogens with zero attached hydrogens (tertiary/aromatic N) is 4. The van der Waals surface area contributed by atoms with E-state index in [0.717, 1.165) is 44.1 Å². The predicted molar refractivity (Wildman–Crippen MR) is 104 cm³/mol. The number of carboxylic acid groups (broad SMARTS) is 1. The maximum atomic E-state index is 11.0. The lowest BCUT2D eigenvalue weighted by Crippen LogP contribution is -2.46. The first-order valence-electron chi connectivity index (χ1n) is 9.10. The van der Waals surface area contributed by atoms with Gasteiger partial charge in [-0.15, -0.1) is 0 Å². The van der Waals surface area contributed by atoms with Crippen LogP contribution in [0.25, 0.3) is 5.69 Å². The Labute approximate surface area is 158 Å². The van der Waals surface area contributed by atoms with Crippen molar-refractivity contribution in [3.05, 3.63) is 78.1 Å². The lowest BCUT2D eigenvalue weighted by atomic mass is 10.2. The Morgan fingerprint density at radius 2 is 1.59 bits per heavy atom. The third-order valence-electron chi connectivity index (χ3n) is 4.96. The number of hydrogen-bond acceptors (Lipinski definition) is 4. The summed E-state index contributed by atoms with van der Waals surface area (Å²) in [6.45, 7) is 4.62. The van der Waals surface area contributed by atoms with Crippen molar-refractivity contribution in [3.8, 4) is 5.69 Å². The Morgan fingerprint density at radius 3 is 2.26 bits per heavy atom. The van der Waals surface area contributed by atoms with Crippen LogP contribution in [0.2, 0.25) is 0 Å². The molecule has 0 saturated carbocycles. The summed E-state index contributed by atoms with van der Waals surface area (Å²) in [6.07, 6.45) is 1.85. The third kappa shape index (κ3) is 3.85. The summed E-state index contributed by atoms with van der Waals surface area (Å²) in [5, 5.41) is 13.5. The van der Waals surface area contributed by atoms with Crippen LogP contribution in [0.15, 0.2) is 66.9 Å². The van der Waals surface area contributed by atoms with Crippen LogP contribution in [0.3, 0.4) is 0 Å². The van der Waals surface area contributed by atoms with Gasteiger partial charge in [0.1, 0.15) is 0 Å². The molecular weight excluding hydrogens is 340 g/mol. The Hall–Kier alpha value is -3.12. The molecule has 138 valence electrons. The van der Waals surface area contributed by atoms with E-state index in [2.05, 4.69) is 33.1 Å². The molecule has 1 aromatic heterocycles. The summed E-state index contributed by atoms with van der Waals surface area (Å²) in [5.74, 6) is -0.888. The summed E-state index contributed by atoms with van der Waals surface area (Å²) >= 11 is 0. The second-order valence-electron chi connectivity index (χ2n) is 6.69. The first-order chi connectivity index (χ1) is 13.2. The zero-order valence-corrected chi connectivity index (χ0v) is 15.0. The van der Waals surface area contributed by atoms with Gasteiger partial charge in [0.15, 0.2) is 0 Å². The van der Waals surface area contributed by atoms with E-state index in [-0.39, 0.29) is 0 Å². The van der Waals surface area contributed by atoms with Crippen LogP contribution >= 0.6 is 0 Å². The van der Waals surface area contributed by atoms with Gasteiger partial charge in [0.25, 0.3) is 0 Å². The van der Waals surface area contributed by atoms with Crippen LogP contribution < -0.4 is 4.90 Å². The van der Waals surface area contributed by atoms with Crippen molar-refractivity contribution in [1.82, 2.24) is 14.7 Å². The van der Waals surface area contributed by atoms with Gasteiger partial charge in [-0.05, 0) is 42.5 Å². The molecule has 0 spiro atoms. The zero-order chi connectivity index (χ0) is 18.6. The Kier molecular flexibility index (Phi) is 4.89. The average molecular weight is 362 g/mol. The molecule has 0 radical (unpaired) electrons. The van der Waals surface area contributed by atoms with E-state index in [4.69, 9.17) is 5.11 Å². The lowest BCUT2D eigenvalue weighted by molar-refractivity contribution is 0.0697. The number of aromatic carboxylic acids is 1. The standard InChI is InChI=1S/C21H22N4O2/c26-21(27)17-6-8-18(9-7-17)24-14-12-23(13-15-24)16-20-10-11-22-25(20)19-4-2-1-3-5-19/h1-11H,12-16H2,(H,26,27). The van der Waals surface area contributed by atoms with Crippen molar-refractivity contribution in [2.75, 3.05) is 31.1 Å². The van der Waals surface area contributed by atoms with Crippen LogP contribution in [0.4, 0.5) is 5.69 Å². The van der Waals surface area contributed by atoms with Crippen molar-refractivity contribution < 1.29 is 9.90 Å². The first kappa shape index (κ1) is 17.3. The van der Waals surface area contributed by atoms with E-state index in [1.807, 2.05) is 41.2 Å². The van der Waals surface area contributed by atoms with Crippen LogP contribution in [0.5, 0.6) is 0 Å². The topological polar surface area (TPSA) is 61.6 Å². The fraction of sp³-hybridized carbons (Fsp3) is 0.238. The Morgan fingerprint density at radius 1 is 0.889 bits per heavy atom. The highest BCUT2D eigenvalue weighted by molar-refractivity contribution is 5.88. The molecule has 0 amide bonds. The van der Waals surface area contributed by atoms with Gasteiger partial charge in [-0.3, -0.25) is 4.90 Å². The van der Waals surface area contributed by atoms with E-state index in [0.29, 0.717) is 5.56 Å². The molecule has 0 unspecified atom stereocenters. The molecule has 0 aliphatic carbocycles. The van der Waals surface area contributed by atoms with Gasteiger partial charge < -0.3 is 10.0 Å². The van der Waals surface area contributed by atoms with Crippen LogP contribution in [-0.4, -0.2) is 51.9 Å². The molecule has 2 heterocycles. The monoisotopic (exact) mass is 362 g/mol. The number of hydrogen-bond donors (Lipinski definition) is 1. The fourth-order valence-electron chi connectivity index (χ4n) is 3.46. The summed E-state index contributed by atoms with van der Waals surface area (Å²) < 4.78 is 2.00. The molecule has 1 N–H and O–H groups in total.